The average molecular weight is 288 g/mol. The first kappa shape index (κ1) is 14.4. The molecule has 1 unspecified atom stereocenters. The Labute approximate surface area is 112 Å². The molecule has 0 aromatic heterocycles. The summed E-state index contributed by atoms with van der Waals surface area (Å²) in [6.07, 6.45) is 0. The van der Waals surface area contributed by atoms with Gasteiger partial charge in [0.25, 0.3) is 0 Å². The number of ether oxygens (including phenoxy) is 1. The predicted octanol–water partition coefficient (Wildman–Crippen LogP) is 0.482. The lowest BCUT2D eigenvalue weighted by Gasteiger charge is -2.34. The van der Waals surface area contributed by atoms with Crippen LogP contribution in [0, 0.1) is 12.7 Å². The molecule has 0 spiro atoms. The second-order valence-corrected chi connectivity index (χ2v) is 6.35. The van der Waals surface area contributed by atoms with Crippen LogP contribution in [0.2, 0.25) is 0 Å². The maximum Gasteiger partial charge on any atom is 0.243 e. The molecule has 1 aromatic carbocycles. The normalized spacial score (nSPS) is 21.5. The van der Waals surface area contributed by atoms with Crippen LogP contribution >= 0.6 is 0 Å². The zero-order chi connectivity index (χ0) is 14.0. The van der Waals surface area contributed by atoms with Gasteiger partial charge >= 0.3 is 0 Å². The van der Waals surface area contributed by atoms with Crippen molar-refractivity contribution >= 4 is 10.0 Å². The first-order valence-electron chi connectivity index (χ1n) is 6.02. The molecule has 1 fully saturated rings. The Balaban J connectivity index is 2.43. The molecule has 5 nitrogen and oxygen atoms in total. The molecule has 106 valence electrons. The summed E-state index contributed by atoms with van der Waals surface area (Å²) in [5.74, 6) is -0.568. The van der Waals surface area contributed by atoms with E-state index in [-0.39, 0.29) is 24.6 Å². The van der Waals surface area contributed by atoms with Gasteiger partial charge in [-0.3, -0.25) is 0 Å². The molecule has 1 aliphatic heterocycles. The van der Waals surface area contributed by atoms with Crippen molar-refractivity contribution in [1.82, 2.24) is 4.31 Å². The standard InChI is InChI=1S/C12H17FN2O3S/c1-9-2-3-10(13)6-12(9)19(16,17)15-4-5-18-8-11(15)7-14/h2-3,6,11H,4-5,7-8,14H2,1H3. The number of hydrogen-bond acceptors (Lipinski definition) is 4. The van der Waals surface area contributed by atoms with Crippen LogP contribution in [0.4, 0.5) is 4.39 Å². The molecule has 1 saturated heterocycles. The summed E-state index contributed by atoms with van der Waals surface area (Å²) in [5.41, 5.74) is 6.09. The van der Waals surface area contributed by atoms with E-state index in [0.29, 0.717) is 12.2 Å². The molecule has 1 atom stereocenters. The van der Waals surface area contributed by atoms with Gasteiger partial charge in [-0.05, 0) is 24.6 Å². The molecule has 1 heterocycles. The van der Waals surface area contributed by atoms with Crippen molar-refractivity contribution in [3.63, 3.8) is 0 Å². The van der Waals surface area contributed by atoms with Gasteiger partial charge in [-0.2, -0.15) is 4.31 Å². The summed E-state index contributed by atoms with van der Waals surface area (Å²) in [4.78, 5) is -0.00662. The fourth-order valence-electron chi connectivity index (χ4n) is 2.12. The SMILES string of the molecule is Cc1ccc(F)cc1S(=O)(=O)N1CCOCC1CN. The van der Waals surface area contributed by atoms with Crippen molar-refractivity contribution in [2.45, 2.75) is 17.9 Å². The topological polar surface area (TPSA) is 72.6 Å². The predicted molar refractivity (Wildman–Crippen MR) is 68.7 cm³/mol. The molecular formula is C12H17FN2O3S. The highest BCUT2D eigenvalue weighted by Crippen LogP contribution is 2.23. The lowest BCUT2D eigenvalue weighted by molar-refractivity contribution is 0.0358. The second-order valence-electron chi connectivity index (χ2n) is 4.49. The molecule has 0 aliphatic carbocycles. The summed E-state index contributed by atoms with van der Waals surface area (Å²) in [5, 5.41) is 0. The van der Waals surface area contributed by atoms with E-state index in [1.807, 2.05) is 0 Å². The molecule has 1 aliphatic rings. The number of hydrogen-bond donors (Lipinski definition) is 1. The van der Waals surface area contributed by atoms with Crippen molar-refractivity contribution < 1.29 is 17.5 Å². The molecule has 19 heavy (non-hydrogen) atoms. The van der Waals surface area contributed by atoms with E-state index < -0.39 is 21.9 Å². The Hall–Kier alpha value is -1.02. The molecule has 0 saturated carbocycles. The number of nitrogens with two attached hydrogens (primary N) is 1. The molecule has 0 bridgehead atoms. The van der Waals surface area contributed by atoms with Crippen LogP contribution in [0.3, 0.4) is 0 Å². The summed E-state index contributed by atoms with van der Waals surface area (Å²) in [6.45, 7) is 2.64. The van der Waals surface area contributed by atoms with E-state index in [4.69, 9.17) is 10.5 Å². The zero-order valence-electron chi connectivity index (χ0n) is 10.7. The van der Waals surface area contributed by atoms with Crippen molar-refractivity contribution in [3.8, 4) is 0 Å². The van der Waals surface area contributed by atoms with Crippen LogP contribution in [0.15, 0.2) is 23.1 Å². The van der Waals surface area contributed by atoms with Gasteiger partial charge < -0.3 is 10.5 Å². The number of aryl methyl sites for hydroxylation is 1. The van der Waals surface area contributed by atoms with Gasteiger partial charge in [0.2, 0.25) is 10.0 Å². The van der Waals surface area contributed by atoms with E-state index in [0.717, 1.165) is 6.07 Å². The smallest absolute Gasteiger partial charge is 0.243 e. The first-order chi connectivity index (χ1) is 8.96. The molecular weight excluding hydrogens is 271 g/mol. The molecule has 2 N–H and O–H groups in total. The van der Waals surface area contributed by atoms with Crippen LogP contribution < -0.4 is 5.73 Å². The monoisotopic (exact) mass is 288 g/mol. The van der Waals surface area contributed by atoms with Crippen LogP contribution in [-0.4, -0.2) is 45.1 Å². The van der Waals surface area contributed by atoms with Gasteiger partial charge in [0.15, 0.2) is 0 Å². The Morgan fingerprint density at radius 3 is 2.95 bits per heavy atom. The lowest BCUT2D eigenvalue weighted by Crippen LogP contribution is -2.51. The third-order valence-electron chi connectivity index (χ3n) is 3.18. The number of halogens is 1. The fraction of sp³-hybridized carbons (Fsp3) is 0.500. The molecule has 2 rings (SSSR count). The van der Waals surface area contributed by atoms with Crippen LogP contribution in [0.25, 0.3) is 0 Å². The van der Waals surface area contributed by atoms with Gasteiger partial charge in [-0.1, -0.05) is 6.07 Å². The fourth-order valence-corrected chi connectivity index (χ4v) is 3.96. The van der Waals surface area contributed by atoms with Gasteiger partial charge in [0.05, 0.1) is 24.2 Å². The number of rotatable bonds is 3. The van der Waals surface area contributed by atoms with E-state index in [9.17, 15) is 12.8 Å². The molecule has 7 heteroatoms. The highest BCUT2D eigenvalue weighted by molar-refractivity contribution is 7.89. The van der Waals surface area contributed by atoms with E-state index in [2.05, 4.69) is 0 Å². The zero-order valence-corrected chi connectivity index (χ0v) is 11.5. The third-order valence-corrected chi connectivity index (χ3v) is 5.28. The van der Waals surface area contributed by atoms with E-state index in [1.165, 1.54) is 16.4 Å². The summed E-state index contributed by atoms with van der Waals surface area (Å²) in [6, 6.07) is 3.35. The second kappa shape index (κ2) is 5.54. The van der Waals surface area contributed by atoms with Crippen molar-refractivity contribution in [2.75, 3.05) is 26.3 Å². The van der Waals surface area contributed by atoms with Gasteiger partial charge in [0.1, 0.15) is 5.82 Å². The van der Waals surface area contributed by atoms with Gasteiger partial charge in [0, 0.05) is 13.1 Å². The summed E-state index contributed by atoms with van der Waals surface area (Å²) < 4.78 is 45.0. The van der Waals surface area contributed by atoms with Gasteiger partial charge in [-0.15, -0.1) is 0 Å². The largest absolute Gasteiger partial charge is 0.378 e. The number of morpholine rings is 1. The number of benzene rings is 1. The van der Waals surface area contributed by atoms with Crippen molar-refractivity contribution in [2.24, 2.45) is 5.73 Å². The van der Waals surface area contributed by atoms with E-state index in [1.54, 1.807) is 6.92 Å². The van der Waals surface area contributed by atoms with Gasteiger partial charge in [-0.25, -0.2) is 12.8 Å². The molecule has 0 amide bonds. The highest BCUT2D eigenvalue weighted by atomic mass is 32.2. The maximum absolute atomic E-state index is 13.3. The minimum atomic E-state index is -3.74. The van der Waals surface area contributed by atoms with Crippen molar-refractivity contribution in [3.05, 3.63) is 29.6 Å². The quantitative estimate of drug-likeness (QED) is 0.878. The number of sulfonamides is 1. The average Bonchev–Trinajstić information content (AvgIpc) is 2.41. The Kier molecular flexibility index (Phi) is 4.19. The Bertz CT molecular complexity index is 562. The summed E-state index contributed by atoms with van der Waals surface area (Å²) in [7, 11) is -3.74. The Morgan fingerprint density at radius 2 is 2.26 bits per heavy atom. The van der Waals surface area contributed by atoms with Crippen LogP contribution in [-0.2, 0) is 14.8 Å². The summed E-state index contributed by atoms with van der Waals surface area (Å²) >= 11 is 0. The molecule has 0 radical (unpaired) electrons. The third kappa shape index (κ3) is 2.79. The minimum Gasteiger partial charge on any atom is -0.378 e. The lowest BCUT2D eigenvalue weighted by atomic mass is 10.2. The molecule has 1 aromatic rings. The van der Waals surface area contributed by atoms with Crippen molar-refractivity contribution in [1.29, 1.82) is 0 Å². The van der Waals surface area contributed by atoms with Crippen LogP contribution in [0.5, 0.6) is 0 Å². The Morgan fingerprint density at radius 1 is 1.53 bits per heavy atom. The van der Waals surface area contributed by atoms with Crippen LogP contribution in [0.1, 0.15) is 5.56 Å². The number of nitrogens with zero attached hydrogens (tertiary/aromatic N) is 1. The van der Waals surface area contributed by atoms with E-state index >= 15 is 0 Å². The first-order valence-corrected chi connectivity index (χ1v) is 7.46. The minimum absolute atomic E-state index is 0.00662. The maximum atomic E-state index is 13.3. The highest BCUT2D eigenvalue weighted by Gasteiger charge is 2.34.